The van der Waals surface area contributed by atoms with E-state index in [1.54, 1.807) is 14.2 Å². The molecule has 0 bridgehead atoms. The van der Waals surface area contributed by atoms with E-state index in [1.807, 2.05) is 12.1 Å². The van der Waals surface area contributed by atoms with Crippen LogP contribution in [0.5, 0.6) is 11.5 Å². The van der Waals surface area contributed by atoms with Crippen LogP contribution in [0.2, 0.25) is 0 Å². The van der Waals surface area contributed by atoms with Crippen LogP contribution in [0.15, 0.2) is 72.8 Å². The molecule has 0 atom stereocenters. The van der Waals surface area contributed by atoms with Gasteiger partial charge in [-0.2, -0.15) is 0 Å². The molecule has 0 saturated carbocycles. The SMILES string of the molecule is COc1c2ccccc2c(OC)c2c1ccc1ccc3ccccc3c12. The van der Waals surface area contributed by atoms with Gasteiger partial charge in [-0.15, -0.1) is 0 Å². The first-order chi connectivity index (χ1) is 12.8. The summed E-state index contributed by atoms with van der Waals surface area (Å²) < 4.78 is 11.8. The van der Waals surface area contributed by atoms with Gasteiger partial charge in [-0.25, -0.2) is 0 Å². The standard InChI is InChI=1S/C24H18O2/c1-25-23-18-9-5-6-10-19(18)24(26-2)22-20(23)14-13-16-12-11-15-7-3-4-8-17(15)21(16)22/h3-14H,1-2H3. The summed E-state index contributed by atoms with van der Waals surface area (Å²) in [6.45, 7) is 0. The van der Waals surface area contributed by atoms with Crippen LogP contribution in [0.4, 0.5) is 0 Å². The molecule has 0 aliphatic heterocycles. The molecule has 0 N–H and O–H groups in total. The smallest absolute Gasteiger partial charge is 0.135 e. The van der Waals surface area contributed by atoms with E-state index in [1.165, 1.54) is 21.5 Å². The van der Waals surface area contributed by atoms with Gasteiger partial charge in [0.2, 0.25) is 0 Å². The second-order valence-corrected chi connectivity index (χ2v) is 6.49. The molecule has 26 heavy (non-hydrogen) atoms. The zero-order valence-corrected chi connectivity index (χ0v) is 14.7. The first kappa shape index (κ1) is 15.0. The molecule has 0 aliphatic rings. The predicted octanol–water partition coefficient (Wildman–Crippen LogP) is 6.32. The zero-order chi connectivity index (χ0) is 17.7. The van der Waals surface area contributed by atoms with Gasteiger partial charge in [0.15, 0.2) is 0 Å². The first-order valence-electron chi connectivity index (χ1n) is 8.70. The summed E-state index contributed by atoms with van der Waals surface area (Å²) in [5.74, 6) is 1.80. The molecule has 5 rings (SSSR count). The average molecular weight is 338 g/mol. The molecule has 5 aromatic carbocycles. The number of methoxy groups -OCH3 is 2. The molecule has 0 unspecified atom stereocenters. The Morgan fingerprint density at radius 3 is 1.77 bits per heavy atom. The van der Waals surface area contributed by atoms with Crippen molar-refractivity contribution in [2.45, 2.75) is 0 Å². The number of hydrogen-bond donors (Lipinski definition) is 0. The Hall–Kier alpha value is -3.26. The van der Waals surface area contributed by atoms with Gasteiger partial charge in [0.25, 0.3) is 0 Å². The molecule has 0 aliphatic carbocycles. The third-order valence-corrected chi connectivity index (χ3v) is 5.21. The second-order valence-electron chi connectivity index (χ2n) is 6.49. The average Bonchev–Trinajstić information content (AvgIpc) is 2.71. The van der Waals surface area contributed by atoms with E-state index < -0.39 is 0 Å². The Labute approximate surface area is 151 Å². The monoisotopic (exact) mass is 338 g/mol. The van der Waals surface area contributed by atoms with Crippen LogP contribution >= 0.6 is 0 Å². The minimum Gasteiger partial charge on any atom is -0.495 e. The largest absolute Gasteiger partial charge is 0.495 e. The Kier molecular flexibility index (Phi) is 3.26. The Bertz CT molecular complexity index is 1300. The highest BCUT2D eigenvalue weighted by Gasteiger charge is 2.18. The van der Waals surface area contributed by atoms with Crippen LogP contribution in [0.25, 0.3) is 43.1 Å². The summed E-state index contributed by atoms with van der Waals surface area (Å²) in [6, 6.07) is 25.4. The summed E-state index contributed by atoms with van der Waals surface area (Å²) >= 11 is 0. The summed E-state index contributed by atoms with van der Waals surface area (Å²) in [7, 11) is 3.48. The maximum atomic E-state index is 5.94. The number of fused-ring (bicyclic) bond motifs is 6. The second kappa shape index (κ2) is 5.63. The molecule has 2 nitrogen and oxygen atoms in total. The van der Waals surface area contributed by atoms with Crippen LogP contribution in [0.1, 0.15) is 0 Å². The third-order valence-electron chi connectivity index (χ3n) is 5.21. The quantitative estimate of drug-likeness (QED) is 0.277. The van der Waals surface area contributed by atoms with Crippen LogP contribution < -0.4 is 9.47 Å². The van der Waals surface area contributed by atoms with Crippen molar-refractivity contribution in [3.05, 3.63) is 72.8 Å². The lowest BCUT2D eigenvalue weighted by molar-refractivity contribution is 0.418. The van der Waals surface area contributed by atoms with E-state index in [2.05, 4.69) is 60.7 Å². The van der Waals surface area contributed by atoms with Gasteiger partial charge < -0.3 is 9.47 Å². The lowest BCUT2D eigenvalue weighted by Crippen LogP contribution is -1.94. The molecular weight excluding hydrogens is 320 g/mol. The van der Waals surface area contributed by atoms with Gasteiger partial charge in [-0.1, -0.05) is 66.7 Å². The van der Waals surface area contributed by atoms with Crippen molar-refractivity contribution < 1.29 is 9.47 Å². The zero-order valence-electron chi connectivity index (χ0n) is 14.7. The fourth-order valence-electron chi connectivity index (χ4n) is 4.11. The van der Waals surface area contributed by atoms with E-state index in [9.17, 15) is 0 Å². The summed E-state index contributed by atoms with van der Waals surface area (Å²) in [6.07, 6.45) is 0. The lowest BCUT2D eigenvalue weighted by Gasteiger charge is -2.17. The Morgan fingerprint density at radius 1 is 0.462 bits per heavy atom. The molecule has 126 valence electrons. The number of benzene rings is 5. The first-order valence-corrected chi connectivity index (χ1v) is 8.70. The van der Waals surface area contributed by atoms with Crippen LogP contribution in [0, 0.1) is 0 Å². The molecule has 0 saturated heterocycles. The van der Waals surface area contributed by atoms with E-state index >= 15 is 0 Å². The molecule has 0 fully saturated rings. The molecule has 0 heterocycles. The highest BCUT2D eigenvalue weighted by atomic mass is 16.5. The molecule has 5 aromatic rings. The molecule has 2 heteroatoms. The van der Waals surface area contributed by atoms with Crippen molar-refractivity contribution in [1.82, 2.24) is 0 Å². The maximum absolute atomic E-state index is 5.94. The fourth-order valence-corrected chi connectivity index (χ4v) is 4.11. The molecule has 0 aromatic heterocycles. The highest BCUT2D eigenvalue weighted by Crippen LogP contribution is 2.46. The molecule has 0 spiro atoms. The van der Waals surface area contributed by atoms with Crippen LogP contribution in [-0.4, -0.2) is 14.2 Å². The Balaban J connectivity index is 2.17. The molecular formula is C24H18O2. The number of rotatable bonds is 2. The number of ether oxygens (including phenoxy) is 2. The minimum atomic E-state index is 0.895. The van der Waals surface area contributed by atoms with Crippen LogP contribution in [0.3, 0.4) is 0 Å². The maximum Gasteiger partial charge on any atom is 0.135 e. The van der Waals surface area contributed by atoms with Gasteiger partial charge in [-0.3, -0.25) is 0 Å². The van der Waals surface area contributed by atoms with Crippen molar-refractivity contribution in [1.29, 1.82) is 0 Å². The van der Waals surface area contributed by atoms with Gasteiger partial charge in [0.1, 0.15) is 11.5 Å². The van der Waals surface area contributed by atoms with Crippen molar-refractivity contribution in [3.8, 4) is 11.5 Å². The summed E-state index contributed by atoms with van der Waals surface area (Å²) in [4.78, 5) is 0. The van der Waals surface area contributed by atoms with Gasteiger partial charge in [-0.05, 0) is 22.2 Å². The normalized spacial score (nSPS) is 11.5. The third kappa shape index (κ3) is 1.93. The van der Waals surface area contributed by atoms with E-state index in [4.69, 9.17) is 9.47 Å². The minimum absolute atomic E-state index is 0.895. The van der Waals surface area contributed by atoms with Crippen molar-refractivity contribution in [2.75, 3.05) is 14.2 Å². The van der Waals surface area contributed by atoms with Gasteiger partial charge >= 0.3 is 0 Å². The van der Waals surface area contributed by atoms with Gasteiger partial charge in [0, 0.05) is 26.9 Å². The number of hydrogen-bond acceptors (Lipinski definition) is 2. The van der Waals surface area contributed by atoms with E-state index in [0.717, 1.165) is 33.0 Å². The lowest BCUT2D eigenvalue weighted by atomic mass is 9.93. The van der Waals surface area contributed by atoms with Crippen molar-refractivity contribution in [2.24, 2.45) is 0 Å². The van der Waals surface area contributed by atoms with Crippen molar-refractivity contribution in [3.63, 3.8) is 0 Å². The summed E-state index contributed by atoms with van der Waals surface area (Å²) in [5.41, 5.74) is 0. The van der Waals surface area contributed by atoms with Crippen molar-refractivity contribution >= 4 is 43.1 Å². The van der Waals surface area contributed by atoms with E-state index in [-0.39, 0.29) is 0 Å². The Morgan fingerprint density at radius 2 is 1.04 bits per heavy atom. The van der Waals surface area contributed by atoms with Gasteiger partial charge in [0.05, 0.1) is 14.2 Å². The molecule has 0 amide bonds. The summed E-state index contributed by atoms with van der Waals surface area (Å²) in [5, 5.41) is 9.18. The van der Waals surface area contributed by atoms with E-state index in [0.29, 0.717) is 0 Å². The van der Waals surface area contributed by atoms with Crippen LogP contribution in [-0.2, 0) is 0 Å². The highest BCUT2D eigenvalue weighted by molar-refractivity contribution is 6.26. The predicted molar refractivity (Wildman–Crippen MR) is 110 cm³/mol. The molecule has 0 radical (unpaired) electrons. The topological polar surface area (TPSA) is 18.5 Å². The fraction of sp³-hybridized carbons (Fsp3) is 0.0833.